The molecule has 1 N–H and O–H groups in total. The molecule has 1 aliphatic heterocycles. The Morgan fingerprint density at radius 2 is 1.19 bits per heavy atom. The minimum absolute atomic E-state index is 0.0910. The SMILES string of the molecule is CCCCC/C=C\C/C=C\CC1OC1C/C=C\CCCC(=O)O[C@@H](CO)COC(=O)CCCCCCCCCCCC. The lowest BCUT2D eigenvalue weighted by Gasteiger charge is -2.15. The number of aliphatic hydroxyl groups excluding tert-OH is 1. The van der Waals surface area contributed by atoms with Crippen LogP contribution in [0.2, 0.25) is 0 Å². The maximum atomic E-state index is 12.1. The number of allylic oxidation sites excluding steroid dienone is 4. The van der Waals surface area contributed by atoms with E-state index in [4.69, 9.17) is 14.2 Å². The minimum Gasteiger partial charge on any atom is -0.462 e. The molecule has 0 spiro atoms. The molecule has 1 rings (SSSR count). The van der Waals surface area contributed by atoms with Gasteiger partial charge in [-0.05, 0) is 51.4 Å². The number of epoxide rings is 1. The van der Waals surface area contributed by atoms with Crippen molar-refractivity contribution in [1.29, 1.82) is 0 Å². The summed E-state index contributed by atoms with van der Waals surface area (Å²) in [6.07, 6.45) is 35.1. The van der Waals surface area contributed by atoms with E-state index in [0.717, 1.165) is 44.9 Å². The molecule has 0 aromatic rings. The summed E-state index contributed by atoms with van der Waals surface area (Å²) in [5.74, 6) is -0.668. The van der Waals surface area contributed by atoms with Crippen molar-refractivity contribution in [1.82, 2.24) is 0 Å². The highest BCUT2D eigenvalue weighted by Crippen LogP contribution is 2.29. The van der Waals surface area contributed by atoms with E-state index < -0.39 is 6.10 Å². The highest BCUT2D eigenvalue weighted by Gasteiger charge is 2.35. The van der Waals surface area contributed by atoms with Crippen molar-refractivity contribution < 1.29 is 28.9 Å². The second-order valence-electron chi connectivity index (χ2n) is 11.6. The van der Waals surface area contributed by atoms with Crippen LogP contribution in [0.4, 0.5) is 0 Å². The molecule has 0 saturated carbocycles. The van der Waals surface area contributed by atoms with Gasteiger partial charge in [0.1, 0.15) is 6.61 Å². The lowest BCUT2D eigenvalue weighted by Crippen LogP contribution is -2.28. The normalized spacial score (nSPS) is 17.4. The van der Waals surface area contributed by atoms with Crippen LogP contribution < -0.4 is 0 Å². The van der Waals surface area contributed by atoms with Crippen LogP contribution >= 0.6 is 0 Å². The average Bonchev–Trinajstić information content (AvgIpc) is 3.74. The smallest absolute Gasteiger partial charge is 0.306 e. The van der Waals surface area contributed by atoms with Crippen LogP contribution in [0, 0.1) is 0 Å². The molecule has 6 nitrogen and oxygen atoms in total. The van der Waals surface area contributed by atoms with Gasteiger partial charge in [-0.3, -0.25) is 9.59 Å². The third-order valence-electron chi connectivity index (χ3n) is 7.59. The molecular formula is C36H62O6. The molecule has 0 bridgehead atoms. The third kappa shape index (κ3) is 23.6. The predicted molar refractivity (Wildman–Crippen MR) is 172 cm³/mol. The molecule has 1 heterocycles. The number of rotatable bonds is 29. The highest BCUT2D eigenvalue weighted by molar-refractivity contribution is 5.70. The summed E-state index contributed by atoms with van der Waals surface area (Å²) >= 11 is 0. The van der Waals surface area contributed by atoms with Crippen LogP contribution in [0.1, 0.15) is 149 Å². The Balaban J connectivity index is 1.98. The molecule has 242 valence electrons. The number of unbranched alkanes of at least 4 members (excludes halogenated alkanes) is 13. The van der Waals surface area contributed by atoms with Gasteiger partial charge in [0, 0.05) is 12.8 Å². The maximum Gasteiger partial charge on any atom is 0.306 e. The zero-order valence-electron chi connectivity index (χ0n) is 26.9. The number of ether oxygens (including phenoxy) is 3. The molecule has 1 fully saturated rings. The van der Waals surface area contributed by atoms with E-state index in [1.54, 1.807) is 0 Å². The van der Waals surface area contributed by atoms with Crippen LogP contribution in [0.3, 0.4) is 0 Å². The minimum atomic E-state index is -0.801. The highest BCUT2D eigenvalue weighted by atomic mass is 16.6. The van der Waals surface area contributed by atoms with Gasteiger partial charge in [0.15, 0.2) is 6.10 Å². The molecule has 0 amide bonds. The van der Waals surface area contributed by atoms with Crippen LogP contribution in [0.5, 0.6) is 0 Å². The molecule has 1 aliphatic rings. The summed E-state index contributed by atoms with van der Waals surface area (Å²) < 4.78 is 16.2. The monoisotopic (exact) mass is 590 g/mol. The molecule has 42 heavy (non-hydrogen) atoms. The molecule has 0 aromatic carbocycles. The van der Waals surface area contributed by atoms with Crippen LogP contribution in [0.25, 0.3) is 0 Å². The van der Waals surface area contributed by atoms with Crippen molar-refractivity contribution in [3.63, 3.8) is 0 Å². The Morgan fingerprint density at radius 1 is 0.667 bits per heavy atom. The van der Waals surface area contributed by atoms with Gasteiger partial charge in [0.25, 0.3) is 0 Å². The van der Waals surface area contributed by atoms with Gasteiger partial charge < -0.3 is 19.3 Å². The van der Waals surface area contributed by atoms with E-state index in [0.29, 0.717) is 25.0 Å². The molecule has 2 unspecified atom stereocenters. The van der Waals surface area contributed by atoms with Crippen molar-refractivity contribution in [2.45, 2.75) is 167 Å². The molecule has 6 heteroatoms. The van der Waals surface area contributed by atoms with E-state index in [2.05, 4.69) is 50.3 Å². The van der Waals surface area contributed by atoms with Gasteiger partial charge in [-0.25, -0.2) is 0 Å². The number of carbonyl (C=O) groups excluding carboxylic acids is 2. The Labute approximate surface area is 257 Å². The molecule has 0 aliphatic carbocycles. The van der Waals surface area contributed by atoms with Gasteiger partial charge in [-0.15, -0.1) is 0 Å². The van der Waals surface area contributed by atoms with Crippen molar-refractivity contribution in [3.05, 3.63) is 36.5 Å². The van der Waals surface area contributed by atoms with Crippen molar-refractivity contribution in [3.8, 4) is 0 Å². The van der Waals surface area contributed by atoms with Crippen molar-refractivity contribution in [2.24, 2.45) is 0 Å². The van der Waals surface area contributed by atoms with Gasteiger partial charge in [0.2, 0.25) is 0 Å². The summed E-state index contributed by atoms with van der Waals surface area (Å²) in [5, 5.41) is 9.50. The standard InChI is InChI=1S/C36H62O6/c1-3-5-7-9-11-13-15-17-19-24-28-35(38)40-31-32(30-37)41-36(39)29-25-21-20-23-27-34-33(42-34)26-22-18-16-14-12-10-8-6-4-2/h12,14,18,20,22-23,32-34,37H,3-11,13,15-17,19,21,24-31H2,1-2H3/b14-12-,22-18-,23-20-/t32-,33?,34?/m0/s1. The van der Waals surface area contributed by atoms with Gasteiger partial charge >= 0.3 is 11.9 Å². The Bertz CT molecular complexity index is 743. The van der Waals surface area contributed by atoms with Crippen LogP contribution in [-0.2, 0) is 23.8 Å². The first-order chi connectivity index (χ1) is 20.6. The summed E-state index contributed by atoms with van der Waals surface area (Å²) in [7, 11) is 0. The first-order valence-electron chi connectivity index (χ1n) is 17.2. The van der Waals surface area contributed by atoms with Crippen molar-refractivity contribution in [2.75, 3.05) is 13.2 Å². The van der Waals surface area contributed by atoms with Crippen molar-refractivity contribution >= 4 is 11.9 Å². The van der Waals surface area contributed by atoms with E-state index in [1.165, 1.54) is 70.6 Å². The molecule has 0 aromatic heterocycles. The van der Waals surface area contributed by atoms with E-state index in [1.807, 2.05) is 0 Å². The number of esters is 2. The lowest BCUT2D eigenvalue weighted by atomic mass is 10.1. The van der Waals surface area contributed by atoms with E-state index in [-0.39, 0.29) is 31.6 Å². The fraction of sp³-hybridized carbons (Fsp3) is 0.778. The van der Waals surface area contributed by atoms with Crippen LogP contribution in [-0.4, -0.2) is 48.6 Å². The number of carbonyl (C=O) groups is 2. The maximum absolute atomic E-state index is 12.1. The van der Waals surface area contributed by atoms with E-state index in [9.17, 15) is 14.7 Å². The van der Waals surface area contributed by atoms with Crippen LogP contribution in [0.15, 0.2) is 36.5 Å². The molecule has 1 saturated heterocycles. The number of aliphatic hydroxyl groups is 1. The predicted octanol–water partition coefficient (Wildman–Crippen LogP) is 9.10. The number of hydrogen-bond donors (Lipinski definition) is 1. The summed E-state index contributed by atoms with van der Waals surface area (Å²) in [6.45, 7) is 4.02. The average molecular weight is 591 g/mol. The Morgan fingerprint density at radius 3 is 1.86 bits per heavy atom. The molecular weight excluding hydrogens is 528 g/mol. The van der Waals surface area contributed by atoms with Gasteiger partial charge in [-0.1, -0.05) is 121 Å². The van der Waals surface area contributed by atoms with Gasteiger partial charge in [0.05, 0.1) is 18.8 Å². The largest absolute Gasteiger partial charge is 0.462 e. The summed E-state index contributed by atoms with van der Waals surface area (Å²) in [6, 6.07) is 0. The zero-order chi connectivity index (χ0) is 30.5. The van der Waals surface area contributed by atoms with E-state index >= 15 is 0 Å². The second-order valence-corrected chi connectivity index (χ2v) is 11.6. The first kappa shape index (κ1) is 38.1. The Kier molecular flexibility index (Phi) is 25.3. The zero-order valence-corrected chi connectivity index (χ0v) is 26.9. The topological polar surface area (TPSA) is 85.4 Å². The summed E-state index contributed by atoms with van der Waals surface area (Å²) in [5.41, 5.74) is 0. The summed E-state index contributed by atoms with van der Waals surface area (Å²) in [4.78, 5) is 24.1. The quantitative estimate of drug-likeness (QED) is 0.0405. The molecule has 0 radical (unpaired) electrons. The van der Waals surface area contributed by atoms with Gasteiger partial charge in [-0.2, -0.15) is 0 Å². The lowest BCUT2D eigenvalue weighted by molar-refractivity contribution is -0.161. The first-order valence-corrected chi connectivity index (χ1v) is 17.2. The molecule has 3 atom stereocenters. The Hall–Kier alpha value is -1.92. The fourth-order valence-electron chi connectivity index (χ4n) is 4.82. The number of hydrogen-bond acceptors (Lipinski definition) is 6. The second kappa shape index (κ2) is 27.9. The third-order valence-corrected chi connectivity index (χ3v) is 7.59. The fourth-order valence-corrected chi connectivity index (χ4v) is 4.82.